The fraction of sp³-hybridized carbons (Fsp3) is 0.143. The Kier molecular flexibility index (Phi) is 3.96. The van der Waals surface area contributed by atoms with Gasteiger partial charge in [-0.15, -0.1) is 0 Å². The fourth-order valence-electron chi connectivity index (χ4n) is 0.871. The highest BCUT2D eigenvalue weighted by molar-refractivity contribution is 14.1. The standard InChI is InChI=1S/C7H8INO2S/c8-9-7-4-2-1-3-6(7)5-12(10)11/h1-4,9H,5H2,(H,10,11). The summed E-state index contributed by atoms with van der Waals surface area (Å²) in [5.41, 5.74) is 1.74. The van der Waals surface area contributed by atoms with Crippen molar-refractivity contribution in [1.29, 1.82) is 0 Å². The quantitative estimate of drug-likeness (QED) is 0.511. The zero-order chi connectivity index (χ0) is 8.97. The van der Waals surface area contributed by atoms with Crippen molar-refractivity contribution in [1.82, 2.24) is 0 Å². The maximum atomic E-state index is 10.5. The number of anilines is 1. The van der Waals surface area contributed by atoms with Crippen molar-refractivity contribution in [2.24, 2.45) is 0 Å². The minimum Gasteiger partial charge on any atom is -0.328 e. The Labute approximate surface area is 87.3 Å². The van der Waals surface area contributed by atoms with E-state index in [1.807, 2.05) is 47.1 Å². The zero-order valence-electron chi connectivity index (χ0n) is 6.16. The fourth-order valence-corrected chi connectivity index (χ4v) is 1.92. The Morgan fingerprint density at radius 1 is 1.50 bits per heavy atom. The third-order valence-electron chi connectivity index (χ3n) is 1.40. The smallest absolute Gasteiger partial charge is 0.157 e. The summed E-state index contributed by atoms with van der Waals surface area (Å²) in [6.07, 6.45) is 0. The molecule has 0 aliphatic carbocycles. The molecule has 0 saturated carbocycles. The van der Waals surface area contributed by atoms with Crippen LogP contribution in [0.15, 0.2) is 24.3 Å². The Morgan fingerprint density at radius 3 is 2.75 bits per heavy atom. The van der Waals surface area contributed by atoms with Crippen molar-refractivity contribution in [2.45, 2.75) is 5.75 Å². The topological polar surface area (TPSA) is 49.3 Å². The summed E-state index contributed by atoms with van der Waals surface area (Å²) in [6.45, 7) is 0. The van der Waals surface area contributed by atoms with Crippen LogP contribution in [0.25, 0.3) is 0 Å². The van der Waals surface area contributed by atoms with Gasteiger partial charge >= 0.3 is 0 Å². The molecule has 0 bridgehead atoms. The third kappa shape index (κ3) is 2.72. The molecule has 0 saturated heterocycles. The zero-order valence-corrected chi connectivity index (χ0v) is 9.13. The van der Waals surface area contributed by atoms with Gasteiger partial charge in [0.05, 0.1) is 28.6 Å². The molecule has 0 spiro atoms. The summed E-state index contributed by atoms with van der Waals surface area (Å²) in [5.74, 6) is 0.173. The highest BCUT2D eigenvalue weighted by Crippen LogP contribution is 2.17. The van der Waals surface area contributed by atoms with Crippen LogP contribution < -0.4 is 3.53 Å². The maximum absolute atomic E-state index is 10.5. The summed E-state index contributed by atoms with van der Waals surface area (Å²) in [5, 5.41) is 0. The van der Waals surface area contributed by atoms with Crippen molar-refractivity contribution in [3.8, 4) is 0 Å². The van der Waals surface area contributed by atoms with Gasteiger partial charge in [0, 0.05) is 5.69 Å². The number of hydrogen-bond donors (Lipinski definition) is 2. The van der Waals surface area contributed by atoms with E-state index in [4.69, 9.17) is 4.55 Å². The molecule has 0 radical (unpaired) electrons. The predicted molar refractivity (Wildman–Crippen MR) is 58.6 cm³/mol. The van der Waals surface area contributed by atoms with Crippen LogP contribution in [0.4, 0.5) is 5.69 Å². The lowest BCUT2D eigenvalue weighted by Crippen LogP contribution is -1.95. The third-order valence-corrected chi connectivity index (χ3v) is 2.54. The van der Waals surface area contributed by atoms with Crippen molar-refractivity contribution in [3.05, 3.63) is 29.8 Å². The van der Waals surface area contributed by atoms with Crippen LogP contribution in [-0.2, 0) is 16.8 Å². The summed E-state index contributed by atoms with van der Waals surface area (Å²) < 4.78 is 22.1. The first-order valence-electron chi connectivity index (χ1n) is 3.26. The Hall–Kier alpha value is -0.140. The number of nitrogens with one attached hydrogen (secondary N) is 1. The number of hydrogen-bond acceptors (Lipinski definition) is 2. The highest BCUT2D eigenvalue weighted by atomic mass is 127. The van der Waals surface area contributed by atoms with Gasteiger partial charge in [-0.05, 0) is 11.6 Å². The minimum atomic E-state index is -1.77. The molecule has 0 aromatic heterocycles. The molecule has 0 aliphatic heterocycles. The van der Waals surface area contributed by atoms with Gasteiger partial charge in [-0.1, -0.05) is 18.2 Å². The normalized spacial score (nSPS) is 12.5. The molecule has 1 atom stereocenters. The molecule has 0 aliphatic rings. The molecule has 5 heteroatoms. The van der Waals surface area contributed by atoms with Crippen molar-refractivity contribution >= 4 is 39.6 Å². The van der Waals surface area contributed by atoms with Gasteiger partial charge in [0.1, 0.15) is 0 Å². The Morgan fingerprint density at radius 2 is 2.17 bits per heavy atom. The van der Waals surface area contributed by atoms with Crippen LogP contribution >= 0.6 is 22.9 Å². The predicted octanol–water partition coefficient (Wildman–Crippen LogP) is 2.17. The van der Waals surface area contributed by atoms with Gasteiger partial charge in [-0.2, -0.15) is 0 Å². The average molecular weight is 297 g/mol. The molecule has 12 heavy (non-hydrogen) atoms. The first kappa shape index (κ1) is 9.94. The molecule has 66 valence electrons. The summed E-state index contributed by atoms with van der Waals surface area (Å²) >= 11 is 0.223. The van der Waals surface area contributed by atoms with E-state index in [2.05, 4.69) is 3.53 Å². The summed E-state index contributed by atoms with van der Waals surface area (Å²) in [6, 6.07) is 7.42. The van der Waals surface area contributed by atoms with Gasteiger partial charge in [0.25, 0.3) is 0 Å². The molecule has 1 aromatic carbocycles. The Bertz CT molecular complexity index is 292. The van der Waals surface area contributed by atoms with Crippen LogP contribution in [0.1, 0.15) is 5.56 Å². The maximum Gasteiger partial charge on any atom is 0.157 e. The van der Waals surface area contributed by atoms with E-state index in [0.717, 1.165) is 11.3 Å². The van der Waals surface area contributed by atoms with Crippen LogP contribution in [0, 0.1) is 0 Å². The van der Waals surface area contributed by atoms with Crippen molar-refractivity contribution in [3.63, 3.8) is 0 Å². The molecule has 1 aromatic rings. The van der Waals surface area contributed by atoms with E-state index in [-0.39, 0.29) is 5.75 Å². The van der Waals surface area contributed by atoms with Crippen molar-refractivity contribution < 1.29 is 8.76 Å². The second-order valence-electron chi connectivity index (χ2n) is 2.22. The molecular formula is C7H8INO2S. The van der Waals surface area contributed by atoms with E-state index in [1.54, 1.807) is 0 Å². The SMILES string of the molecule is O=S(O)Cc1ccccc1NI. The lowest BCUT2D eigenvalue weighted by atomic mass is 10.2. The molecule has 0 amide bonds. The van der Waals surface area contributed by atoms with E-state index in [0.29, 0.717) is 0 Å². The average Bonchev–Trinajstić information content (AvgIpc) is 2.04. The number of halogens is 1. The molecule has 2 N–H and O–H groups in total. The van der Waals surface area contributed by atoms with Gasteiger partial charge in [-0.25, -0.2) is 4.21 Å². The van der Waals surface area contributed by atoms with Crippen molar-refractivity contribution in [2.75, 3.05) is 3.53 Å². The summed E-state index contributed by atoms with van der Waals surface area (Å²) in [4.78, 5) is 0. The summed E-state index contributed by atoms with van der Waals surface area (Å²) in [7, 11) is 0. The van der Waals surface area contributed by atoms with E-state index >= 15 is 0 Å². The number of para-hydroxylation sites is 1. The van der Waals surface area contributed by atoms with E-state index in [1.165, 1.54) is 0 Å². The second kappa shape index (κ2) is 4.78. The van der Waals surface area contributed by atoms with Crippen LogP contribution in [0.5, 0.6) is 0 Å². The van der Waals surface area contributed by atoms with Gasteiger partial charge in [-0.3, -0.25) is 0 Å². The molecule has 0 fully saturated rings. The largest absolute Gasteiger partial charge is 0.328 e. The molecular weight excluding hydrogens is 289 g/mol. The Balaban J connectivity index is 2.89. The first-order chi connectivity index (χ1) is 5.74. The van der Waals surface area contributed by atoms with Gasteiger partial charge < -0.3 is 8.08 Å². The van der Waals surface area contributed by atoms with Crippen LogP contribution in [0.2, 0.25) is 0 Å². The van der Waals surface area contributed by atoms with E-state index in [9.17, 15) is 4.21 Å². The molecule has 0 heterocycles. The molecule has 1 unspecified atom stereocenters. The van der Waals surface area contributed by atoms with Crippen LogP contribution in [0.3, 0.4) is 0 Å². The lowest BCUT2D eigenvalue weighted by Gasteiger charge is -2.04. The van der Waals surface area contributed by atoms with E-state index < -0.39 is 11.1 Å². The first-order valence-corrected chi connectivity index (χ1v) is 5.61. The second-order valence-corrected chi connectivity index (χ2v) is 3.69. The monoisotopic (exact) mass is 297 g/mol. The molecule has 3 nitrogen and oxygen atoms in total. The number of rotatable bonds is 3. The van der Waals surface area contributed by atoms with Crippen LogP contribution in [-0.4, -0.2) is 8.76 Å². The number of benzene rings is 1. The highest BCUT2D eigenvalue weighted by Gasteiger charge is 2.02. The molecule has 1 rings (SSSR count). The minimum absolute atomic E-state index is 0.173. The van der Waals surface area contributed by atoms with Gasteiger partial charge in [0.15, 0.2) is 11.1 Å². The lowest BCUT2D eigenvalue weighted by molar-refractivity contribution is 0.563. The van der Waals surface area contributed by atoms with Gasteiger partial charge in [0.2, 0.25) is 0 Å².